The molecule has 0 saturated carbocycles. The second-order valence-corrected chi connectivity index (χ2v) is 5.92. The van der Waals surface area contributed by atoms with Crippen molar-refractivity contribution in [2.45, 2.75) is 13.3 Å². The summed E-state index contributed by atoms with van der Waals surface area (Å²) in [7, 11) is 0. The average Bonchev–Trinajstić information content (AvgIpc) is 2.64. The Morgan fingerprint density at radius 2 is 1.46 bits per heavy atom. The zero-order valence-electron chi connectivity index (χ0n) is 13.9. The molecule has 2 aromatic carbocycles. The summed E-state index contributed by atoms with van der Waals surface area (Å²) in [5.41, 5.74) is 2.29. The van der Waals surface area contributed by atoms with Crippen LogP contribution in [0.25, 0.3) is 0 Å². The number of aromatic nitrogens is 2. The zero-order chi connectivity index (χ0) is 18.5. The molecule has 26 heavy (non-hydrogen) atoms. The number of hydrogen-bond donors (Lipinski definition) is 2. The van der Waals surface area contributed by atoms with E-state index in [1.54, 1.807) is 24.3 Å². The van der Waals surface area contributed by atoms with E-state index in [-0.39, 0.29) is 17.3 Å². The highest BCUT2D eigenvalue weighted by Crippen LogP contribution is 2.33. The molecule has 7 nitrogen and oxygen atoms in total. The number of nitrogens with one attached hydrogen (secondary N) is 2. The number of hydrogen-bond acceptors (Lipinski definition) is 6. The Hall–Kier alpha value is -3.19. The number of rotatable bonds is 6. The van der Waals surface area contributed by atoms with Crippen molar-refractivity contribution in [3.8, 4) is 0 Å². The molecule has 0 fully saturated rings. The number of anilines is 4. The lowest BCUT2D eigenvalue weighted by atomic mass is 10.1. The van der Waals surface area contributed by atoms with Crippen molar-refractivity contribution in [3.63, 3.8) is 0 Å². The molecule has 3 aromatic rings. The summed E-state index contributed by atoms with van der Waals surface area (Å²) in [4.78, 5) is 19.1. The van der Waals surface area contributed by atoms with Crippen LogP contribution in [0.3, 0.4) is 0 Å². The lowest BCUT2D eigenvalue weighted by molar-refractivity contribution is -0.383. The lowest BCUT2D eigenvalue weighted by Crippen LogP contribution is -2.05. The lowest BCUT2D eigenvalue weighted by Gasteiger charge is -2.10. The van der Waals surface area contributed by atoms with Gasteiger partial charge in [0.1, 0.15) is 6.33 Å². The number of halogens is 1. The molecule has 1 heterocycles. The van der Waals surface area contributed by atoms with Gasteiger partial charge in [-0.15, -0.1) is 0 Å². The van der Waals surface area contributed by atoms with Crippen molar-refractivity contribution in [2.24, 2.45) is 0 Å². The van der Waals surface area contributed by atoms with E-state index < -0.39 is 4.92 Å². The Kier molecular flexibility index (Phi) is 5.28. The molecule has 0 aliphatic rings. The normalized spacial score (nSPS) is 10.4. The molecule has 0 radical (unpaired) electrons. The van der Waals surface area contributed by atoms with E-state index in [1.807, 2.05) is 24.3 Å². The van der Waals surface area contributed by atoms with E-state index in [1.165, 1.54) is 11.9 Å². The van der Waals surface area contributed by atoms with Gasteiger partial charge in [-0.3, -0.25) is 10.1 Å². The number of aryl methyl sites for hydroxylation is 1. The Labute approximate surface area is 155 Å². The third kappa shape index (κ3) is 4.07. The van der Waals surface area contributed by atoms with Gasteiger partial charge < -0.3 is 10.6 Å². The molecule has 0 aliphatic carbocycles. The first-order valence-corrected chi connectivity index (χ1v) is 8.32. The first kappa shape index (κ1) is 17.6. The molecule has 3 rings (SSSR count). The Morgan fingerprint density at radius 1 is 0.962 bits per heavy atom. The summed E-state index contributed by atoms with van der Waals surface area (Å²) in [6, 6.07) is 14.4. The van der Waals surface area contributed by atoms with Crippen LogP contribution in [0.15, 0.2) is 54.9 Å². The standard InChI is InChI=1S/C18H16ClN5O2/c1-2-12-3-7-14(8-4-12)22-17-16(24(25)26)18(21-11-20-17)23-15-9-5-13(19)6-10-15/h3-11H,2H2,1H3,(H2,20,21,22,23). The van der Waals surface area contributed by atoms with Crippen LogP contribution in [-0.2, 0) is 6.42 Å². The van der Waals surface area contributed by atoms with E-state index in [0.29, 0.717) is 16.4 Å². The van der Waals surface area contributed by atoms with Gasteiger partial charge in [-0.05, 0) is 48.4 Å². The second-order valence-electron chi connectivity index (χ2n) is 5.48. The maximum Gasteiger partial charge on any atom is 0.353 e. The van der Waals surface area contributed by atoms with Crippen LogP contribution < -0.4 is 10.6 Å². The molecule has 0 amide bonds. The molecule has 0 bridgehead atoms. The van der Waals surface area contributed by atoms with Gasteiger partial charge in [-0.1, -0.05) is 30.7 Å². The van der Waals surface area contributed by atoms with Gasteiger partial charge in [0.2, 0.25) is 11.6 Å². The molecule has 0 atom stereocenters. The van der Waals surface area contributed by atoms with Crippen LogP contribution in [0.2, 0.25) is 5.02 Å². The molecule has 0 spiro atoms. The molecule has 2 N–H and O–H groups in total. The molecule has 132 valence electrons. The van der Waals surface area contributed by atoms with E-state index in [9.17, 15) is 10.1 Å². The van der Waals surface area contributed by atoms with Gasteiger partial charge >= 0.3 is 5.69 Å². The van der Waals surface area contributed by atoms with Crippen LogP contribution in [-0.4, -0.2) is 14.9 Å². The predicted molar refractivity (Wildman–Crippen MR) is 103 cm³/mol. The van der Waals surface area contributed by atoms with Crippen molar-refractivity contribution in [1.29, 1.82) is 0 Å². The summed E-state index contributed by atoms with van der Waals surface area (Å²) in [6.07, 6.45) is 2.19. The molecule has 8 heteroatoms. The highest BCUT2D eigenvalue weighted by atomic mass is 35.5. The van der Waals surface area contributed by atoms with Crippen LogP contribution in [0, 0.1) is 10.1 Å². The molecular weight excluding hydrogens is 354 g/mol. The molecule has 0 unspecified atom stereocenters. The fourth-order valence-corrected chi connectivity index (χ4v) is 2.49. The van der Waals surface area contributed by atoms with Crippen LogP contribution in [0.5, 0.6) is 0 Å². The summed E-state index contributed by atoms with van der Waals surface area (Å²) < 4.78 is 0. The monoisotopic (exact) mass is 369 g/mol. The first-order chi connectivity index (χ1) is 12.6. The molecule has 1 aromatic heterocycles. The van der Waals surface area contributed by atoms with Gasteiger partial charge in [-0.2, -0.15) is 0 Å². The summed E-state index contributed by atoms with van der Waals surface area (Å²) in [6.45, 7) is 2.06. The summed E-state index contributed by atoms with van der Waals surface area (Å²) in [5, 5.41) is 18.1. The Balaban J connectivity index is 1.92. The predicted octanol–water partition coefficient (Wildman–Crippen LogP) is 5.09. The molecule has 0 aliphatic heterocycles. The van der Waals surface area contributed by atoms with Gasteiger partial charge in [0.05, 0.1) is 4.92 Å². The van der Waals surface area contributed by atoms with E-state index in [4.69, 9.17) is 11.6 Å². The van der Waals surface area contributed by atoms with Crippen LogP contribution >= 0.6 is 11.6 Å². The quantitative estimate of drug-likeness (QED) is 0.464. The number of nitrogens with zero attached hydrogens (tertiary/aromatic N) is 3. The zero-order valence-corrected chi connectivity index (χ0v) is 14.7. The smallest absolute Gasteiger partial charge is 0.334 e. The minimum absolute atomic E-state index is 0.0972. The van der Waals surface area contributed by atoms with Crippen molar-refractivity contribution < 1.29 is 4.92 Å². The fourth-order valence-electron chi connectivity index (χ4n) is 2.37. The summed E-state index contributed by atoms with van der Waals surface area (Å²) in [5.74, 6) is 0.214. The van der Waals surface area contributed by atoms with Crippen LogP contribution in [0.4, 0.5) is 28.7 Å². The van der Waals surface area contributed by atoms with Crippen molar-refractivity contribution >= 4 is 40.3 Å². The van der Waals surface area contributed by atoms with E-state index in [2.05, 4.69) is 27.5 Å². The van der Waals surface area contributed by atoms with Gasteiger partial charge in [0, 0.05) is 16.4 Å². The van der Waals surface area contributed by atoms with Crippen molar-refractivity contribution in [3.05, 3.63) is 75.6 Å². The minimum atomic E-state index is -0.513. The maximum atomic E-state index is 11.6. The largest absolute Gasteiger partial charge is 0.353 e. The fraction of sp³-hybridized carbons (Fsp3) is 0.111. The second kappa shape index (κ2) is 7.79. The van der Waals surface area contributed by atoms with Crippen molar-refractivity contribution in [2.75, 3.05) is 10.6 Å². The van der Waals surface area contributed by atoms with Crippen molar-refractivity contribution in [1.82, 2.24) is 9.97 Å². The third-order valence-corrected chi connectivity index (χ3v) is 3.99. The summed E-state index contributed by atoms with van der Waals surface area (Å²) >= 11 is 5.86. The van der Waals surface area contributed by atoms with E-state index >= 15 is 0 Å². The number of nitro groups is 1. The number of benzene rings is 2. The highest BCUT2D eigenvalue weighted by molar-refractivity contribution is 6.30. The maximum absolute atomic E-state index is 11.6. The minimum Gasteiger partial charge on any atom is -0.334 e. The van der Waals surface area contributed by atoms with Gasteiger partial charge in [0.25, 0.3) is 0 Å². The first-order valence-electron chi connectivity index (χ1n) is 7.94. The van der Waals surface area contributed by atoms with E-state index in [0.717, 1.165) is 6.42 Å². The Bertz CT molecular complexity index is 914. The topological polar surface area (TPSA) is 93.0 Å². The van der Waals surface area contributed by atoms with Gasteiger partial charge in [-0.25, -0.2) is 9.97 Å². The Morgan fingerprint density at radius 3 is 1.92 bits per heavy atom. The highest BCUT2D eigenvalue weighted by Gasteiger charge is 2.23. The van der Waals surface area contributed by atoms with Crippen LogP contribution in [0.1, 0.15) is 12.5 Å². The molecular formula is C18H16ClN5O2. The SMILES string of the molecule is CCc1ccc(Nc2ncnc(Nc3ccc(Cl)cc3)c2[N+](=O)[O-])cc1. The third-order valence-electron chi connectivity index (χ3n) is 3.74. The van der Waals surface area contributed by atoms with Gasteiger partial charge in [0.15, 0.2) is 0 Å². The average molecular weight is 370 g/mol. The molecule has 0 saturated heterocycles.